The third-order valence-corrected chi connectivity index (χ3v) is 3.54. The summed E-state index contributed by atoms with van der Waals surface area (Å²) in [5.41, 5.74) is 0.683. The summed E-state index contributed by atoms with van der Waals surface area (Å²) in [5, 5.41) is 0. The topological polar surface area (TPSA) is 32.7 Å². The lowest BCUT2D eigenvalue weighted by Gasteiger charge is -2.28. The Morgan fingerprint density at radius 1 is 1.04 bits per heavy atom. The molecule has 0 saturated heterocycles. The maximum absolute atomic E-state index is 14.1. The van der Waals surface area contributed by atoms with E-state index in [0.29, 0.717) is 17.4 Å². The van der Waals surface area contributed by atoms with Gasteiger partial charge in [-0.15, -0.1) is 0 Å². The van der Waals surface area contributed by atoms with Gasteiger partial charge in [-0.3, -0.25) is 9.79 Å². The highest BCUT2D eigenvalue weighted by Gasteiger charge is 2.39. The van der Waals surface area contributed by atoms with E-state index >= 15 is 0 Å². The van der Waals surface area contributed by atoms with Crippen LogP contribution in [0.25, 0.3) is 0 Å². The molecule has 118 valence electrons. The number of carbonyl (C=O) groups excluding carboxylic acids is 1. The van der Waals surface area contributed by atoms with E-state index in [1.54, 1.807) is 24.3 Å². The van der Waals surface area contributed by atoms with Crippen LogP contribution in [0.2, 0.25) is 0 Å². The Labute approximate surface area is 131 Å². The molecule has 0 atom stereocenters. The summed E-state index contributed by atoms with van der Waals surface area (Å²) in [4.78, 5) is 16.6. The van der Waals surface area contributed by atoms with Gasteiger partial charge in [0.2, 0.25) is 0 Å². The molecule has 0 radical (unpaired) electrons. The number of halogens is 3. The van der Waals surface area contributed by atoms with Gasteiger partial charge in [0.05, 0.1) is 11.4 Å². The van der Waals surface area contributed by atoms with Gasteiger partial charge in [0.15, 0.2) is 0 Å². The minimum absolute atomic E-state index is 0.0181. The van der Waals surface area contributed by atoms with E-state index in [9.17, 15) is 18.0 Å². The first-order valence-electron chi connectivity index (χ1n) is 6.99. The molecule has 1 aliphatic heterocycles. The Morgan fingerprint density at radius 2 is 1.65 bits per heavy atom. The van der Waals surface area contributed by atoms with Crippen LogP contribution in [0.1, 0.15) is 18.1 Å². The Morgan fingerprint density at radius 3 is 2.30 bits per heavy atom. The van der Waals surface area contributed by atoms with Crippen LogP contribution >= 0.6 is 0 Å². The number of anilines is 1. The van der Waals surface area contributed by atoms with Crippen LogP contribution < -0.4 is 4.90 Å². The van der Waals surface area contributed by atoms with Crippen molar-refractivity contribution >= 4 is 17.3 Å². The van der Waals surface area contributed by atoms with Gasteiger partial charge < -0.3 is 0 Å². The first-order chi connectivity index (χ1) is 10.9. The number of benzene rings is 2. The Kier molecular flexibility index (Phi) is 3.67. The lowest BCUT2D eigenvalue weighted by atomic mass is 9.99. The second-order valence-electron chi connectivity index (χ2n) is 5.23. The van der Waals surface area contributed by atoms with Crippen LogP contribution in [0.4, 0.5) is 18.9 Å². The number of rotatable bonds is 2. The minimum atomic E-state index is -3.38. The zero-order chi connectivity index (χ0) is 16.6. The normalized spacial score (nSPS) is 15.0. The van der Waals surface area contributed by atoms with E-state index in [-0.39, 0.29) is 17.0 Å². The zero-order valence-electron chi connectivity index (χ0n) is 12.3. The van der Waals surface area contributed by atoms with Gasteiger partial charge in [0, 0.05) is 18.1 Å². The van der Waals surface area contributed by atoms with Gasteiger partial charge in [-0.05, 0) is 18.2 Å². The van der Waals surface area contributed by atoms with Gasteiger partial charge in [-0.2, -0.15) is 8.78 Å². The molecule has 0 spiro atoms. The number of aliphatic imine (C=N–C) groups is 1. The zero-order valence-corrected chi connectivity index (χ0v) is 12.3. The van der Waals surface area contributed by atoms with E-state index < -0.39 is 24.3 Å². The van der Waals surface area contributed by atoms with Gasteiger partial charge in [-0.1, -0.05) is 30.3 Å². The quantitative estimate of drug-likeness (QED) is 0.778. The molecule has 0 N–H and O–H groups in total. The fourth-order valence-corrected chi connectivity index (χ4v) is 2.62. The van der Waals surface area contributed by atoms with Crippen molar-refractivity contribution in [2.75, 3.05) is 11.4 Å². The van der Waals surface area contributed by atoms with Crippen molar-refractivity contribution in [2.45, 2.75) is 13.0 Å². The van der Waals surface area contributed by atoms with E-state index in [4.69, 9.17) is 0 Å². The number of hydrogen-bond acceptors (Lipinski definition) is 2. The van der Waals surface area contributed by atoms with Crippen LogP contribution in [-0.2, 0) is 4.79 Å². The van der Waals surface area contributed by atoms with Gasteiger partial charge >= 0.3 is 6.05 Å². The average molecular weight is 318 g/mol. The molecule has 0 aliphatic carbocycles. The second-order valence-corrected chi connectivity index (χ2v) is 5.23. The van der Waals surface area contributed by atoms with Gasteiger partial charge in [0.1, 0.15) is 12.4 Å². The highest BCUT2D eigenvalue weighted by Crippen LogP contribution is 2.33. The van der Waals surface area contributed by atoms with Crippen LogP contribution in [0.15, 0.2) is 53.5 Å². The summed E-state index contributed by atoms with van der Waals surface area (Å²) in [6, 6.07) is 8.69. The molecule has 23 heavy (non-hydrogen) atoms. The van der Waals surface area contributed by atoms with Crippen molar-refractivity contribution in [3.05, 3.63) is 65.5 Å². The van der Waals surface area contributed by atoms with Crippen molar-refractivity contribution in [3.63, 3.8) is 0 Å². The highest BCUT2D eigenvalue weighted by molar-refractivity contribution is 6.19. The minimum Gasteiger partial charge on any atom is -0.274 e. The molecule has 6 heteroatoms. The first-order valence-corrected chi connectivity index (χ1v) is 6.99. The van der Waals surface area contributed by atoms with E-state index in [0.717, 1.165) is 0 Å². The predicted molar refractivity (Wildman–Crippen MR) is 81.5 cm³/mol. The van der Waals surface area contributed by atoms with E-state index in [1.165, 1.54) is 24.3 Å². The number of benzodiazepines with no additional fused rings is 1. The fourth-order valence-electron chi connectivity index (χ4n) is 2.62. The largest absolute Gasteiger partial charge is 0.329 e. The van der Waals surface area contributed by atoms with Crippen LogP contribution in [0.3, 0.4) is 0 Å². The van der Waals surface area contributed by atoms with Crippen LogP contribution in [0.5, 0.6) is 0 Å². The Hall–Kier alpha value is -2.63. The molecule has 0 fully saturated rings. The standard InChI is InChI=1S/C17H13F3N2O/c1-17(19,20)22-14-9-5-3-7-12(14)16(21-10-15(22)23)11-6-2-4-8-13(11)18/h2-9H,10H2,1H3. The molecule has 0 aromatic heterocycles. The Balaban J connectivity index is 2.24. The van der Waals surface area contributed by atoms with Crippen molar-refractivity contribution in [3.8, 4) is 0 Å². The smallest absolute Gasteiger partial charge is 0.274 e. The first kappa shape index (κ1) is 15.3. The monoisotopic (exact) mass is 318 g/mol. The number of fused-ring (bicyclic) bond motifs is 1. The second kappa shape index (κ2) is 5.53. The molecule has 3 nitrogen and oxygen atoms in total. The lowest BCUT2D eigenvalue weighted by Crippen LogP contribution is -2.45. The van der Waals surface area contributed by atoms with Gasteiger partial charge in [0.25, 0.3) is 5.91 Å². The third-order valence-electron chi connectivity index (χ3n) is 3.54. The fraction of sp³-hybridized carbons (Fsp3) is 0.176. The average Bonchev–Trinajstić information content (AvgIpc) is 2.63. The number of hydrogen-bond donors (Lipinski definition) is 0. The van der Waals surface area contributed by atoms with Crippen LogP contribution in [0, 0.1) is 5.82 Å². The molecule has 2 aromatic carbocycles. The Bertz CT molecular complexity index is 796. The SMILES string of the molecule is CC(F)(F)N1C(=O)CN=C(c2ccccc2F)c2ccccc21. The van der Waals surface area contributed by atoms with Gasteiger partial charge in [-0.25, -0.2) is 9.29 Å². The number of amides is 1. The molecule has 1 aliphatic rings. The molecule has 1 heterocycles. The summed E-state index contributed by atoms with van der Waals surface area (Å²) >= 11 is 0. The summed E-state index contributed by atoms with van der Waals surface area (Å²) in [7, 11) is 0. The molecule has 3 rings (SSSR count). The molecular weight excluding hydrogens is 305 g/mol. The summed E-state index contributed by atoms with van der Waals surface area (Å²) in [6.07, 6.45) is 0. The summed E-state index contributed by atoms with van der Waals surface area (Å²) in [5.74, 6) is -1.36. The number of nitrogens with zero attached hydrogens (tertiary/aromatic N) is 2. The van der Waals surface area contributed by atoms with E-state index in [2.05, 4.69) is 4.99 Å². The number of para-hydroxylation sites is 1. The van der Waals surface area contributed by atoms with Crippen molar-refractivity contribution in [1.29, 1.82) is 0 Å². The van der Waals surface area contributed by atoms with Crippen molar-refractivity contribution < 1.29 is 18.0 Å². The maximum Gasteiger partial charge on any atom is 0.329 e. The molecular formula is C17H13F3N2O. The highest BCUT2D eigenvalue weighted by atomic mass is 19.3. The van der Waals surface area contributed by atoms with Crippen molar-refractivity contribution in [1.82, 2.24) is 0 Å². The summed E-state index contributed by atoms with van der Waals surface area (Å²) in [6.45, 7) is 0.178. The van der Waals surface area contributed by atoms with Crippen LogP contribution in [-0.4, -0.2) is 24.2 Å². The molecule has 0 saturated carbocycles. The van der Waals surface area contributed by atoms with Crippen molar-refractivity contribution in [2.24, 2.45) is 4.99 Å². The summed E-state index contributed by atoms with van der Waals surface area (Å²) < 4.78 is 41.9. The maximum atomic E-state index is 14.1. The van der Waals surface area contributed by atoms with E-state index in [1.807, 2.05) is 0 Å². The number of carbonyl (C=O) groups is 1. The number of alkyl halides is 2. The molecule has 2 aromatic rings. The third kappa shape index (κ3) is 2.72. The molecule has 0 bridgehead atoms. The predicted octanol–water partition coefficient (Wildman–Crippen LogP) is 3.62. The molecule has 0 unspecified atom stereocenters. The lowest BCUT2D eigenvalue weighted by molar-refractivity contribution is -0.123. The molecule has 1 amide bonds.